The number of hydrogen-bond acceptors (Lipinski definition) is 3. The molecule has 0 radical (unpaired) electrons. The molecule has 1 aromatic rings. The number of amides is 1. The molecule has 1 heterocycles. The predicted octanol–water partition coefficient (Wildman–Crippen LogP) is 0.364. The summed E-state index contributed by atoms with van der Waals surface area (Å²) in [6.45, 7) is 0.267. The number of nitrogen functional groups attached to an aromatic ring is 1. The highest BCUT2D eigenvalue weighted by atomic mass is 19.1. The molecular formula is C10H10F2N2O2. The largest absolute Gasteiger partial charge is 0.396 e. The predicted molar refractivity (Wildman–Crippen MR) is 52.7 cm³/mol. The van der Waals surface area contributed by atoms with Gasteiger partial charge in [0.1, 0.15) is 5.82 Å². The Kier molecular flexibility index (Phi) is 2.51. The van der Waals surface area contributed by atoms with Gasteiger partial charge >= 0.3 is 0 Å². The van der Waals surface area contributed by atoms with Crippen LogP contribution in [-0.4, -0.2) is 35.1 Å². The summed E-state index contributed by atoms with van der Waals surface area (Å²) >= 11 is 0. The number of benzene rings is 1. The minimum Gasteiger partial charge on any atom is -0.396 e. The highest BCUT2D eigenvalue weighted by molar-refractivity contribution is 5.96. The van der Waals surface area contributed by atoms with E-state index in [0.717, 1.165) is 12.1 Å². The van der Waals surface area contributed by atoms with Gasteiger partial charge in [0.25, 0.3) is 5.91 Å². The van der Waals surface area contributed by atoms with Crippen molar-refractivity contribution in [1.82, 2.24) is 4.90 Å². The van der Waals surface area contributed by atoms with Crippen LogP contribution in [0.15, 0.2) is 12.1 Å². The zero-order chi connectivity index (χ0) is 11.9. The van der Waals surface area contributed by atoms with E-state index in [1.807, 2.05) is 0 Å². The highest BCUT2D eigenvalue weighted by Gasteiger charge is 2.31. The number of halogens is 2. The van der Waals surface area contributed by atoms with E-state index in [1.165, 1.54) is 4.90 Å². The Morgan fingerprint density at radius 3 is 2.62 bits per heavy atom. The molecule has 1 fully saturated rings. The lowest BCUT2D eigenvalue weighted by molar-refractivity contribution is 0.00557. The minimum atomic E-state index is -0.923. The normalized spacial score (nSPS) is 16.1. The molecule has 1 aliphatic heterocycles. The van der Waals surface area contributed by atoms with Gasteiger partial charge in [-0.2, -0.15) is 0 Å². The SMILES string of the molecule is Nc1cc(F)cc(C(=O)N2CC(O)C2)c1F. The van der Waals surface area contributed by atoms with Crippen molar-refractivity contribution < 1.29 is 18.7 Å². The van der Waals surface area contributed by atoms with Crippen LogP contribution in [0.3, 0.4) is 0 Å². The van der Waals surface area contributed by atoms with E-state index < -0.39 is 34.9 Å². The molecule has 0 aliphatic carbocycles. The van der Waals surface area contributed by atoms with Crippen LogP contribution in [0, 0.1) is 11.6 Å². The number of β-amino-alcohol motifs (C(OH)–C–C–N with tert-alkyl or cyclic N) is 1. The minimum absolute atomic E-state index is 0.134. The van der Waals surface area contributed by atoms with Crippen molar-refractivity contribution in [1.29, 1.82) is 0 Å². The summed E-state index contributed by atoms with van der Waals surface area (Å²) in [6.07, 6.45) is -0.585. The summed E-state index contributed by atoms with van der Waals surface area (Å²) in [5, 5.41) is 9.01. The van der Waals surface area contributed by atoms with Gasteiger partial charge in [-0.3, -0.25) is 4.79 Å². The fourth-order valence-corrected chi connectivity index (χ4v) is 1.56. The van der Waals surface area contributed by atoms with Crippen molar-refractivity contribution in [2.24, 2.45) is 0 Å². The number of nitrogens with two attached hydrogens (primary N) is 1. The quantitative estimate of drug-likeness (QED) is 0.682. The van der Waals surface area contributed by atoms with Crippen LogP contribution >= 0.6 is 0 Å². The molecule has 1 amide bonds. The molecule has 3 N–H and O–H groups in total. The molecule has 16 heavy (non-hydrogen) atoms. The molecule has 1 saturated heterocycles. The molecule has 6 heteroatoms. The molecule has 0 spiro atoms. The van der Waals surface area contributed by atoms with Crippen molar-refractivity contribution in [3.63, 3.8) is 0 Å². The van der Waals surface area contributed by atoms with Crippen LogP contribution in [0.1, 0.15) is 10.4 Å². The first-order chi connectivity index (χ1) is 7.49. The number of anilines is 1. The molecule has 0 aromatic heterocycles. The van der Waals surface area contributed by atoms with Gasteiger partial charge in [-0.15, -0.1) is 0 Å². The molecule has 1 aliphatic rings. The van der Waals surface area contributed by atoms with Crippen molar-refractivity contribution in [2.75, 3.05) is 18.8 Å². The van der Waals surface area contributed by atoms with Crippen molar-refractivity contribution in [3.05, 3.63) is 29.3 Å². The summed E-state index contributed by atoms with van der Waals surface area (Å²) in [6, 6.07) is 1.62. The number of rotatable bonds is 1. The van der Waals surface area contributed by atoms with Gasteiger partial charge < -0.3 is 15.7 Å². The van der Waals surface area contributed by atoms with E-state index in [1.54, 1.807) is 0 Å². The third-order valence-corrected chi connectivity index (χ3v) is 2.45. The van der Waals surface area contributed by atoms with Crippen LogP contribution in [-0.2, 0) is 0 Å². The Labute approximate surface area is 90.3 Å². The molecule has 0 saturated carbocycles. The number of nitrogens with zero attached hydrogens (tertiary/aromatic N) is 1. The summed E-state index contributed by atoms with van der Waals surface area (Å²) < 4.78 is 26.4. The zero-order valence-corrected chi connectivity index (χ0v) is 8.28. The molecule has 0 atom stereocenters. The molecule has 0 bridgehead atoms. The van der Waals surface area contributed by atoms with Crippen molar-refractivity contribution in [3.8, 4) is 0 Å². The fraction of sp³-hybridized carbons (Fsp3) is 0.300. The second kappa shape index (κ2) is 3.71. The van der Waals surface area contributed by atoms with Gasteiger partial charge in [0, 0.05) is 13.1 Å². The average molecular weight is 228 g/mol. The van der Waals surface area contributed by atoms with Gasteiger partial charge in [0.2, 0.25) is 0 Å². The monoisotopic (exact) mass is 228 g/mol. The number of hydrogen-bond donors (Lipinski definition) is 2. The van der Waals surface area contributed by atoms with Crippen LogP contribution in [0.5, 0.6) is 0 Å². The Balaban J connectivity index is 2.29. The lowest BCUT2D eigenvalue weighted by atomic mass is 10.1. The Bertz CT molecular complexity index is 445. The highest BCUT2D eigenvalue weighted by Crippen LogP contribution is 2.21. The number of likely N-dealkylation sites (tertiary alicyclic amines) is 1. The standard InChI is InChI=1S/C10H10F2N2O2/c11-5-1-7(9(12)8(13)2-5)10(16)14-3-6(15)4-14/h1-2,6,15H,3-4,13H2. The molecule has 4 nitrogen and oxygen atoms in total. The molecule has 0 unspecified atom stereocenters. The van der Waals surface area contributed by atoms with Gasteiger partial charge in [-0.1, -0.05) is 0 Å². The maximum atomic E-state index is 13.4. The van der Waals surface area contributed by atoms with E-state index >= 15 is 0 Å². The maximum Gasteiger partial charge on any atom is 0.257 e. The van der Waals surface area contributed by atoms with E-state index in [-0.39, 0.29) is 13.1 Å². The summed E-state index contributed by atoms with van der Waals surface area (Å²) in [7, 11) is 0. The Morgan fingerprint density at radius 1 is 1.44 bits per heavy atom. The van der Waals surface area contributed by atoms with Crippen molar-refractivity contribution in [2.45, 2.75) is 6.10 Å². The first-order valence-corrected chi connectivity index (χ1v) is 4.71. The third-order valence-electron chi connectivity index (χ3n) is 2.45. The molecular weight excluding hydrogens is 218 g/mol. The smallest absolute Gasteiger partial charge is 0.257 e. The van der Waals surface area contributed by atoms with E-state index in [2.05, 4.69) is 0 Å². The number of carbonyl (C=O) groups is 1. The van der Waals surface area contributed by atoms with E-state index in [9.17, 15) is 13.6 Å². The first-order valence-electron chi connectivity index (χ1n) is 4.71. The van der Waals surface area contributed by atoms with Gasteiger partial charge in [-0.25, -0.2) is 8.78 Å². The van der Waals surface area contributed by atoms with Crippen LogP contribution in [0.2, 0.25) is 0 Å². The summed E-state index contributed by atoms with van der Waals surface area (Å²) in [5.41, 5.74) is 4.41. The van der Waals surface area contributed by atoms with Crippen LogP contribution in [0.25, 0.3) is 0 Å². The zero-order valence-electron chi connectivity index (χ0n) is 8.28. The average Bonchev–Trinajstić information content (AvgIpc) is 2.18. The van der Waals surface area contributed by atoms with Gasteiger partial charge in [-0.05, 0) is 12.1 Å². The topological polar surface area (TPSA) is 66.6 Å². The molecule has 1 aromatic carbocycles. The van der Waals surface area contributed by atoms with Crippen LogP contribution in [0.4, 0.5) is 14.5 Å². The second-order valence-electron chi connectivity index (χ2n) is 3.72. The molecule has 2 rings (SSSR count). The number of aliphatic hydroxyl groups is 1. The van der Waals surface area contributed by atoms with Gasteiger partial charge in [0.15, 0.2) is 5.82 Å². The maximum absolute atomic E-state index is 13.4. The van der Waals surface area contributed by atoms with Crippen LogP contribution < -0.4 is 5.73 Å². The summed E-state index contributed by atoms with van der Waals surface area (Å²) in [5.74, 6) is -2.34. The fourth-order valence-electron chi connectivity index (χ4n) is 1.56. The Hall–Kier alpha value is -1.69. The van der Waals surface area contributed by atoms with E-state index in [4.69, 9.17) is 10.8 Å². The first kappa shape index (κ1) is 10.8. The number of carbonyl (C=O) groups excluding carboxylic acids is 1. The lowest BCUT2D eigenvalue weighted by Gasteiger charge is -2.35. The summed E-state index contributed by atoms with van der Waals surface area (Å²) in [4.78, 5) is 12.9. The van der Waals surface area contributed by atoms with Crippen molar-refractivity contribution >= 4 is 11.6 Å². The third kappa shape index (κ3) is 1.71. The Morgan fingerprint density at radius 2 is 2.06 bits per heavy atom. The second-order valence-corrected chi connectivity index (χ2v) is 3.72. The number of aliphatic hydroxyl groups excluding tert-OH is 1. The lowest BCUT2D eigenvalue weighted by Crippen LogP contribution is -2.53. The van der Waals surface area contributed by atoms with E-state index in [0.29, 0.717) is 0 Å². The molecule has 86 valence electrons. The van der Waals surface area contributed by atoms with Gasteiger partial charge in [0.05, 0.1) is 17.4 Å².